The van der Waals surface area contributed by atoms with Gasteiger partial charge in [-0.2, -0.15) is 0 Å². The van der Waals surface area contributed by atoms with Crippen LogP contribution in [0.1, 0.15) is 0 Å². The molecule has 1 unspecified atom stereocenters. The summed E-state index contributed by atoms with van der Waals surface area (Å²) in [6.45, 7) is 4.34. The van der Waals surface area contributed by atoms with E-state index in [1.54, 1.807) is 6.33 Å². The number of H-pyrrole nitrogens is 1. The summed E-state index contributed by atoms with van der Waals surface area (Å²) in [4.78, 5) is 12.1. The van der Waals surface area contributed by atoms with Crippen LogP contribution in [0, 0.1) is 0 Å². The number of likely N-dealkylation sites (N-methyl/N-ethyl adjacent to an activating group) is 2. The largest absolute Gasteiger partial charge is 0.373 e. The summed E-state index contributed by atoms with van der Waals surface area (Å²) < 4.78 is 0. The minimum Gasteiger partial charge on any atom is -0.373 e. The molecule has 1 atom stereocenters. The summed E-state index contributed by atoms with van der Waals surface area (Å²) >= 11 is 0. The molecule has 1 fully saturated rings. The van der Waals surface area contributed by atoms with Gasteiger partial charge in [0.05, 0.1) is 17.4 Å². The fraction of sp³-hybridized carbons (Fsp3) is 0.500. The standard InChI is InChI=1S/C14H21N5/c1-18-6-5-15-11(8-18)9-19(2)12-3-4-13-14(7-12)17-10-16-13/h3-4,7,10-11,15H,5-6,8-9H2,1-2H3,(H,16,17). The minimum atomic E-state index is 0.529. The molecular formula is C14H21N5. The number of rotatable bonds is 3. The summed E-state index contributed by atoms with van der Waals surface area (Å²) in [5.41, 5.74) is 3.34. The smallest absolute Gasteiger partial charge is 0.0931 e. The molecule has 0 radical (unpaired) electrons. The van der Waals surface area contributed by atoms with Crippen LogP contribution in [-0.4, -0.2) is 61.2 Å². The Balaban J connectivity index is 1.70. The van der Waals surface area contributed by atoms with Crippen LogP contribution in [0.15, 0.2) is 24.5 Å². The number of benzene rings is 1. The second-order valence-electron chi connectivity index (χ2n) is 5.40. The van der Waals surface area contributed by atoms with Gasteiger partial charge in [0, 0.05) is 45.0 Å². The van der Waals surface area contributed by atoms with Gasteiger partial charge in [0.25, 0.3) is 0 Å². The zero-order chi connectivity index (χ0) is 13.2. The number of aromatic amines is 1. The van der Waals surface area contributed by atoms with Gasteiger partial charge in [-0.05, 0) is 25.2 Å². The average molecular weight is 259 g/mol. The third kappa shape index (κ3) is 2.72. The Bertz CT molecular complexity index is 550. The topological polar surface area (TPSA) is 47.2 Å². The van der Waals surface area contributed by atoms with E-state index in [1.165, 1.54) is 5.69 Å². The maximum atomic E-state index is 4.25. The number of anilines is 1. The second kappa shape index (κ2) is 5.19. The summed E-state index contributed by atoms with van der Waals surface area (Å²) in [5.74, 6) is 0. The Morgan fingerprint density at radius 2 is 2.37 bits per heavy atom. The van der Waals surface area contributed by atoms with Crippen LogP contribution in [-0.2, 0) is 0 Å². The molecule has 102 valence electrons. The normalized spacial score (nSPS) is 20.8. The van der Waals surface area contributed by atoms with Crippen molar-refractivity contribution in [3.63, 3.8) is 0 Å². The van der Waals surface area contributed by atoms with Gasteiger partial charge in [-0.15, -0.1) is 0 Å². The second-order valence-corrected chi connectivity index (χ2v) is 5.40. The van der Waals surface area contributed by atoms with Crippen LogP contribution in [0.3, 0.4) is 0 Å². The highest BCUT2D eigenvalue weighted by Crippen LogP contribution is 2.19. The molecule has 0 amide bonds. The van der Waals surface area contributed by atoms with Crippen molar-refractivity contribution in [2.75, 3.05) is 45.2 Å². The van der Waals surface area contributed by atoms with Crippen LogP contribution in [0.25, 0.3) is 11.0 Å². The van der Waals surface area contributed by atoms with Gasteiger partial charge in [0.1, 0.15) is 0 Å². The van der Waals surface area contributed by atoms with Crippen LogP contribution in [0.2, 0.25) is 0 Å². The number of hydrogen-bond donors (Lipinski definition) is 2. The van der Waals surface area contributed by atoms with E-state index in [4.69, 9.17) is 0 Å². The first kappa shape index (κ1) is 12.4. The molecule has 2 N–H and O–H groups in total. The number of imidazole rings is 1. The SMILES string of the molecule is CN1CCNC(CN(C)c2ccc3nc[nH]c3c2)C1. The molecule has 5 nitrogen and oxygen atoms in total. The predicted molar refractivity (Wildman–Crippen MR) is 78.7 cm³/mol. The molecule has 0 spiro atoms. The van der Waals surface area contributed by atoms with Crippen molar-refractivity contribution in [1.29, 1.82) is 0 Å². The first-order valence-corrected chi connectivity index (χ1v) is 6.78. The molecule has 1 aliphatic rings. The number of piperazine rings is 1. The monoisotopic (exact) mass is 259 g/mol. The quantitative estimate of drug-likeness (QED) is 0.860. The highest BCUT2D eigenvalue weighted by atomic mass is 15.2. The van der Waals surface area contributed by atoms with Crippen molar-refractivity contribution in [2.24, 2.45) is 0 Å². The molecule has 1 aliphatic heterocycles. The molecule has 0 bridgehead atoms. The highest BCUT2D eigenvalue weighted by molar-refractivity contribution is 5.78. The molecule has 0 aliphatic carbocycles. The van der Waals surface area contributed by atoms with Crippen molar-refractivity contribution >= 4 is 16.7 Å². The van der Waals surface area contributed by atoms with Crippen molar-refractivity contribution in [3.8, 4) is 0 Å². The van der Waals surface area contributed by atoms with E-state index in [0.29, 0.717) is 6.04 Å². The Morgan fingerprint density at radius 3 is 3.21 bits per heavy atom. The van der Waals surface area contributed by atoms with Gasteiger partial charge < -0.3 is 20.1 Å². The Labute approximate surface area is 113 Å². The molecule has 2 heterocycles. The number of nitrogens with one attached hydrogen (secondary N) is 2. The van der Waals surface area contributed by atoms with Crippen molar-refractivity contribution in [1.82, 2.24) is 20.2 Å². The van der Waals surface area contributed by atoms with Crippen molar-refractivity contribution in [2.45, 2.75) is 6.04 Å². The fourth-order valence-electron chi connectivity index (χ4n) is 2.71. The van der Waals surface area contributed by atoms with Gasteiger partial charge in [-0.3, -0.25) is 0 Å². The van der Waals surface area contributed by atoms with E-state index < -0.39 is 0 Å². The molecular weight excluding hydrogens is 238 g/mol. The highest BCUT2D eigenvalue weighted by Gasteiger charge is 2.18. The Morgan fingerprint density at radius 1 is 1.47 bits per heavy atom. The van der Waals surface area contributed by atoms with Crippen LogP contribution < -0.4 is 10.2 Å². The predicted octanol–water partition coefficient (Wildman–Crippen LogP) is 0.903. The van der Waals surface area contributed by atoms with E-state index in [2.05, 4.69) is 57.4 Å². The van der Waals surface area contributed by atoms with Gasteiger partial charge in [-0.25, -0.2) is 4.98 Å². The first-order chi connectivity index (χ1) is 9.22. The summed E-state index contributed by atoms with van der Waals surface area (Å²) in [6, 6.07) is 6.89. The van der Waals surface area contributed by atoms with Gasteiger partial charge in [0.2, 0.25) is 0 Å². The molecule has 1 aromatic carbocycles. The molecule has 19 heavy (non-hydrogen) atoms. The average Bonchev–Trinajstić information content (AvgIpc) is 2.85. The van der Waals surface area contributed by atoms with E-state index >= 15 is 0 Å². The van der Waals surface area contributed by atoms with E-state index in [9.17, 15) is 0 Å². The molecule has 0 saturated carbocycles. The Hall–Kier alpha value is -1.59. The van der Waals surface area contributed by atoms with Crippen molar-refractivity contribution in [3.05, 3.63) is 24.5 Å². The molecule has 5 heteroatoms. The number of aromatic nitrogens is 2. The third-order valence-electron chi connectivity index (χ3n) is 3.80. The minimum absolute atomic E-state index is 0.529. The lowest BCUT2D eigenvalue weighted by molar-refractivity contribution is 0.241. The lowest BCUT2D eigenvalue weighted by Gasteiger charge is -2.34. The molecule has 1 saturated heterocycles. The third-order valence-corrected chi connectivity index (χ3v) is 3.80. The summed E-state index contributed by atoms with van der Waals surface area (Å²) in [6.07, 6.45) is 1.74. The van der Waals surface area contributed by atoms with Crippen molar-refractivity contribution < 1.29 is 0 Å². The maximum absolute atomic E-state index is 4.25. The molecule has 3 rings (SSSR count). The number of fused-ring (bicyclic) bond motifs is 1. The van der Waals surface area contributed by atoms with E-state index in [1.807, 2.05) is 0 Å². The fourth-order valence-corrected chi connectivity index (χ4v) is 2.71. The lowest BCUT2D eigenvalue weighted by atomic mass is 10.2. The van der Waals surface area contributed by atoms with E-state index in [-0.39, 0.29) is 0 Å². The maximum Gasteiger partial charge on any atom is 0.0931 e. The van der Waals surface area contributed by atoms with Gasteiger partial charge >= 0.3 is 0 Å². The van der Waals surface area contributed by atoms with Crippen LogP contribution >= 0.6 is 0 Å². The van der Waals surface area contributed by atoms with Gasteiger partial charge in [-0.1, -0.05) is 0 Å². The van der Waals surface area contributed by atoms with Gasteiger partial charge in [0.15, 0.2) is 0 Å². The zero-order valence-corrected chi connectivity index (χ0v) is 11.6. The number of nitrogens with zero attached hydrogens (tertiary/aromatic N) is 3. The summed E-state index contributed by atoms with van der Waals surface area (Å²) in [5, 5.41) is 3.58. The van der Waals surface area contributed by atoms with Crippen LogP contribution in [0.5, 0.6) is 0 Å². The Kier molecular flexibility index (Phi) is 3.40. The van der Waals surface area contributed by atoms with E-state index in [0.717, 1.165) is 37.2 Å². The van der Waals surface area contributed by atoms with Crippen LogP contribution in [0.4, 0.5) is 5.69 Å². The lowest BCUT2D eigenvalue weighted by Crippen LogP contribution is -2.53. The summed E-state index contributed by atoms with van der Waals surface area (Å²) in [7, 11) is 4.33. The number of hydrogen-bond acceptors (Lipinski definition) is 4. The molecule has 2 aromatic rings. The first-order valence-electron chi connectivity index (χ1n) is 6.78. The zero-order valence-electron chi connectivity index (χ0n) is 11.6. The molecule has 1 aromatic heterocycles.